The number of aromatic nitrogens is 2. The zero-order valence-electron chi connectivity index (χ0n) is 11.6. The number of aryl methyl sites for hydroxylation is 3. The van der Waals surface area contributed by atoms with Gasteiger partial charge in [-0.15, -0.1) is 0 Å². The average molecular weight is 273 g/mol. The molecule has 0 amide bonds. The first kappa shape index (κ1) is 14.0. The lowest BCUT2D eigenvalue weighted by molar-refractivity contribution is 0.901. The Hall–Kier alpha value is -1.39. The molecular formula is C15H19N3S. The van der Waals surface area contributed by atoms with Crippen LogP contribution in [0.3, 0.4) is 0 Å². The minimum atomic E-state index is 0.688. The Kier molecular flexibility index (Phi) is 4.56. The number of nitrogens with zero attached hydrogens (tertiary/aromatic N) is 2. The van der Waals surface area contributed by atoms with E-state index in [4.69, 9.17) is 5.73 Å². The second-order valence-electron chi connectivity index (χ2n) is 4.66. The zero-order chi connectivity index (χ0) is 13.8. The Morgan fingerprint density at radius 2 is 1.74 bits per heavy atom. The molecule has 0 aliphatic carbocycles. The molecule has 4 heteroatoms. The molecule has 0 spiro atoms. The predicted molar refractivity (Wildman–Crippen MR) is 79.6 cm³/mol. The van der Waals surface area contributed by atoms with Crippen LogP contribution in [0.25, 0.3) is 0 Å². The first-order valence-corrected chi connectivity index (χ1v) is 7.20. The minimum Gasteiger partial charge on any atom is -0.330 e. The normalized spacial score (nSPS) is 10.7. The highest BCUT2D eigenvalue weighted by molar-refractivity contribution is 7.99. The number of rotatable bonds is 4. The van der Waals surface area contributed by atoms with Gasteiger partial charge in [0.1, 0.15) is 0 Å². The molecule has 0 unspecified atom stereocenters. The van der Waals surface area contributed by atoms with Gasteiger partial charge in [-0.05, 0) is 74.8 Å². The first-order chi connectivity index (χ1) is 9.08. The maximum absolute atomic E-state index is 5.60. The summed E-state index contributed by atoms with van der Waals surface area (Å²) in [7, 11) is 0. The van der Waals surface area contributed by atoms with Crippen molar-refractivity contribution >= 4 is 11.8 Å². The molecule has 3 nitrogen and oxygen atoms in total. The van der Waals surface area contributed by atoms with Crippen LogP contribution in [-0.4, -0.2) is 16.5 Å². The van der Waals surface area contributed by atoms with Crippen molar-refractivity contribution in [2.24, 2.45) is 5.73 Å². The maximum Gasteiger partial charge on any atom is 0.192 e. The molecule has 0 fully saturated rings. The Balaban J connectivity index is 2.21. The predicted octanol–water partition coefficient (Wildman–Crippen LogP) is 3.05. The van der Waals surface area contributed by atoms with Crippen LogP contribution in [0.15, 0.2) is 34.3 Å². The molecule has 100 valence electrons. The molecule has 0 atom stereocenters. The molecule has 0 radical (unpaired) electrons. The maximum atomic E-state index is 5.60. The largest absolute Gasteiger partial charge is 0.330 e. The fraction of sp³-hybridized carbons (Fsp3) is 0.333. The van der Waals surface area contributed by atoms with Gasteiger partial charge in [0.25, 0.3) is 0 Å². The topological polar surface area (TPSA) is 51.8 Å². The van der Waals surface area contributed by atoms with Crippen molar-refractivity contribution < 1.29 is 0 Å². The van der Waals surface area contributed by atoms with Crippen LogP contribution in [0.2, 0.25) is 0 Å². The minimum absolute atomic E-state index is 0.688. The lowest BCUT2D eigenvalue weighted by atomic mass is 10.1. The van der Waals surface area contributed by atoms with Gasteiger partial charge in [-0.1, -0.05) is 6.07 Å². The Morgan fingerprint density at radius 1 is 1.05 bits per heavy atom. The summed E-state index contributed by atoms with van der Waals surface area (Å²) in [6.07, 6.45) is 0.927. The third kappa shape index (κ3) is 3.78. The van der Waals surface area contributed by atoms with Crippen molar-refractivity contribution in [1.82, 2.24) is 9.97 Å². The van der Waals surface area contributed by atoms with Gasteiger partial charge in [0.2, 0.25) is 0 Å². The fourth-order valence-electron chi connectivity index (χ4n) is 2.01. The molecule has 1 heterocycles. The second-order valence-corrected chi connectivity index (χ2v) is 5.70. The van der Waals surface area contributed by atoms with E-state index in [1.807, 2.05) is 19.9 Å². The lowest BCUT2D eigenvalue weighted by Crippen LogP contribution is -2.04. The third-order valence-corrected chi connectivity index (χ3v) is 3.75. The van der Waals surface area contributed by atoms with Gasteiger partial charge in [-0.3, -0.25) is 0 Å². The molecule has 0 aliphatic heterocycles. The molecule has 0 aliphatic rings. The SMILES string of the molecule is Cc1cc(C)nc(Sc2ccc(CCN)c(C)c2)n1. The second kappa shape index (κ2) is 6.17. The standard InChI is InChI=1S/C15H19N3S/c1-10-8-14(5-4-13(10)6-7-16)19-15-17-11(2)9-12(3)18-15/h4-5,8-9H,6-7,16H2,1-3H3. The van der Waals surface area contributed by atoms with Crippen LogP contribution in [0, 0.1) is 20.8 Å². The van der Waals surface area contributed by atoms with Gasteiger partial charge < -0.3 is 5.73 Å². The zero-order valence-corrected chi connectivity index (χ0v) is 12.4. The van der Waals surface area contributed by atoms with E-state index in [9.17, 15) is 0 Å². The van der Waals surface area contributed by atoms with E-state index in [0.717, 1.165) is 23.0 Å². The van der Waals surface area contributed by atoms with Crippen LogP contribution in [0.1, 0.15) is 22.5 Å². The summed E-state index contributed by atoms with van der Waals surface area (Å²) in [4.78, 5) is 10.1. The van der Waals surface area contributed by atoms with Gasteiger partial charge in [0, 0.05) is 16.3 Å². The first-order valence-electron chi connectivity index (χ1n) is 6.38. The van der Waals surface area contributed by atoms with Gasteiger partial charge >= 0.3 is 0 Å². The van der Waals surface area contributed by atoms with E-state index >= 15 is 0 Å². The number of hydrogen-bond donors (Lipinski definition) is 1. The summed E-state index contributed by atoms with van der Waals surface area (Å²) >= 11 is 1.60. The van der Waals surface area contributed by atoms with Gasteiger partial charge in [0.15, 0.2) is 5.16 Å². The van der Waals surface area contributed by atoms with Crippen LogP contribution in [0.4, 0.5) is 0 Å². The third-order valence-electron chi connectivity index (χ3n) is 2.90. The van der Waals surface area contributed by atoms with Crippen molar-refractivity contribution in [3.63, 3.8) is 0 Å². The van der Waals surface area contributed by atoms with E-state index in [0.29, 0.717) is 6.54 Å². The quantitative estimate of drug-likeness (QED) is 0.870. The highest BCUT2D eigenvalue weighted by Gasteiger charge is 2.05. The summed E-state index contributed by atoms with van der Waals surface area (Å²) in [6.45, 7) is 6.80. The average Bonchev–Trinajstić information content (AvgIpc) is 2.31. The number of hydrogen-bond acceptors (Lipinski definition) is 4. The van der Waals surface area contributed by atoms with Crippen LogP contribution >= 0.6 is 11.8 Å². The van der Waals surface area contributed by atoms with Crippen LogP contribution in [0.5, 0.6) is 0 Å². The van der Waals surface area contributed by atoms with Crippen molar-refractivity contribution in [2.75, 3.05) is 6.54 Å². The van der Waals surface area contributed by atoms with E-state index in [2.05, 4.69) is 35.1 Å². The van der Waals surface area contributed by atoms with Crippen LogP contribution in [-0.2, 0) is 6.42 Å². The number of nitrogens with two attached hydrogens (primary N) is 1. The van der Waals surface area contributed by atoms with Gasteiger partial charge in [-0.25, -0.2) is 9.97 Å². The summed E-state index contributed by atoms with van der Waals surface area (Å²) in [5.74, 6) is 0. The molecular weight excluding hydrogens is 254 g/mol. The summed E-state index contributed by atoms with van der Waals surface area (Å²) in [5.41, 5.74) is 10.2. The molecule has 2 N–H and O–H groups in total. The van der Waals surface area contributed by atoms with Gasteiger partial charge in [-0.2, -0.15) is 0 Å². The molecule has 0 bridgehead atoms. The number of benzene rings is 1. The van der Waals surface area contributed by atoms with E-state index in [1.165, 1.54) is 16.0 Å². The van der Waals surface area contributed by atoms with E-state index in [-0.39, 0.29) is 0 Å². The van der Waals surface area contributed by atoms with Crippen molar-refractivity contribution in [1.29, 1.82) is 0 Å². The van der Waals surface area contributed by atoms with E-state index < -0.39 is 0 Å². The molecule has 19 heavy (non-hydrogen) atoms. The van der Waals surface area contributed by atoms with Crippen molar-refractivity contribution in [3.8, 4) is 0 Å². The van der Waals surface area contributed by atoms with Gasteiger partial charge in [0.05, 0.1) is 0 Å². The van der Waals surface area contributed by atoms with Crippen LogP contribution < -0.4 is 5.73 Å². The highest BCUT2D eigenvalue weighted by Crippen LogP contribution is 2.27. The molecule has 0 saturated heterocycles. The Bertz CT molecular complexity index is 561. The monoisotopic (exact) mass is 273 g/mol. The van der Waals surface area contributed by atoms with E-state index in [1.54, 1.807) is 11.8 Å². The fourth-order valence-corrected chi connectivity index (χ4v) is 2.97. The smallest absolute Gasteiger partial charge is 0.192 e. The lowest BCUT2D eigenvalue weighted by Gasteiger charge is -2.07. The van der Waals surface area contributed by atoms with Crippen molar-refractivity contribution in [3.05, 3.63) is 46.8 Å². The molecule has 1 aromatic carbocycles. The summed E-state index contributed by atoms with van der Waals surface area (Å²) < 4.78 is 0. The molecule has 2 aromatic rings. The molecule has 0 saturated carbocycles. The molecule has 1 aromatic heterocycles. The van der Waals surface area contributed by atoms with Crippen molar-refractivity contribution in [2.45, 2.75) is 37.2 Å². The Labute approximate surface area is 118 Å². The Morgan fingerprint density at radius 3 is 2.32 bits per heavy atom. The summed E-state index contributed by atoms with van der Waals surface area (Å²) in [5, 5.41) is 0.809. The highest BCUT2D eigenvalue weighted by atomic mass is 32.2. The molecule has 2 rings (SSSR count). The summed E-state index contributed by atoms with van der Waals surface area (Å²) in [6, 6.07) is 8.42.